The average molecular weight is 903 g/mol. The number of amides is 5. The molecular formula is C46H47ClN10O6S. The fraction of sp³-hybridized carbons (Fsp3) is 0.348. The number of fused-ring (bicyclic) bond motifs is 4. The van der Waals surface area contributed by atoms with Crippen LogP contribution < -0.4 is 20.7 Å². The van der Waals surface area contributed by atoms with Crippen molar-refractivity contribution >= 4 is 69.6 Å². The monoisotopic (exact) mass is 902 g/mol. The summed E-state index contributed by atoms with van der Waals surface area (Å²) in [6.45, 7) is 10.7. The highest BCUT2D eigenvalue weighted by molar-refractivity contribution is 7.15. The Kier molecular flexibility index (Phi) is 12.8. The molecule has 330 valence electrons. The quantitative estimate of drug-likeness (QED) is 0.0596. The SMILES string of the molecule is Cc1cc(OCC(=O)NCCCCNC(=O)C[C@@H]2N=C(c3ccc(Cl)cc3)c3c(sc(C)c3C)-n3c(C)nnc32)cc(C)c1N=Nc1cccc2c1CN(C1CCC(=O)NC1=O)C2=O. The van der Waals surface area contributed by atoms with Gasteiger partial charge in [-0.05, 0) is 107 Å². The lowest BCUT2D eigenvalue weighted by atomic mass is 9.99. The highest BCUT2D eigenvalue weighted by Gasteiger charge is 2.40. The summed E-state index contributed by atoms with van der Waals surface area (Å²) in [4.78, 5) is 71.2. The first-order chi connectivity index (χ1) is 30.8. The maximum atomic E-state index is 13.3. The van der Waals surface area contributed by atoms with Crippen molar-refractivity contribution in [3.63, 3.8) is 0 Å². The van der Waals surface area contributed by atoms with E-state index in [1.807, 2.05) is 49.6 Å². The van der Waals surface area contributed by atoms with Gasteiger partial charge >= 0.3 is 0 Å². The number of piperidine rings is 1. The number of imide groups is 1. The number of aryl methyl sites for hydroxylation is 4. The largest absolute Gasteiger partial charge is 0.484 e. The van der Waals surface area contributed by atoms with E-state index < -0.39 is 18.0 Å². The molecule has 0 aliphatic carbocycles. The van der Waals surface area contributed by atoms with Gasteiger partial charge in [0.15, 0.2) is 12.4 Å². The van der Waals surface area contributed by atoms with E-state index in [2.05, 4.69) is 50.2 Å². The Morgan fingerprint density at radius 2 is 1.66 bits per heavy atom. The van der Waals surface area contributed by atoms with E-state index >= 15 is 0 Å². The van der Waals surface area contributed by atoms with Crippen LogP contribution in [0.2, 0.25) is 5.02 Å². The first-order valence-electron chi connectivity index (χ1n) is 21.1. The number of ether oxygens (including phenoxy) is 1. The molecule has 0 saturated carbocycles. The summed E-state index contributed by atoms with van der Waals surface area (Å²) in [6.07, 6.45) is 1.83. The molecule has 1 unspecified atom stereocenters. The number of halogens is 1. The van der Waals surface area contributed by atoms with Crippen molar-refractivity contribution in [2.24, 2.45) is 15.2 Å². The van der Waals surface area contributed by atoms with E-state index in [0.29, 0.717) is 65.0 Å². The maximum absolute atomic E-state index is 13.3. The zero-order valence-corrected chi connectivity index (χ0v) is 37.7. The predicted octanol–water partition coefficient (Wildman–Crippen LogP) is 7.07. The molecule has 5 heterocycles. The smallest absolute Gasteiger partial charge is 0.257 e. The van der Waals surface area contributed by atoms with Gasteiger partial charge in [0.1, 0.15) is 28.7 Å². The molecule has 3 aliphatic rings. The van der Waals surface area contributed by atoms with Gasteiger partial charge in [-0.2, -0.15) is 5.11 Å². The maximum Gasteiger partial charge on any atom is 0.257 e. The Balaban J connectivity index is 0.803. The molecule has 0 bridgehead atoms. The minimum atomic E-state index is -0.725. The number of rotatable bonds is 14. The lowest BCUT2D eigenvalue weighted by molar-refractivity contribution is -0.137. The minimum absolute atomic E-state index is 0.0864. The zero-order chi connectivity index (χ0) is 45.2. The van der Waals surface area contributed by atoms with E-state index in [-0.39, 0.29) is 56.0 Å². The van der Waals surface area contributed by atoms with Crippen LogP contribution in [-0.2, 0) is 25.7 Å². The first-order valence-corrected chi connectivity index (χ1v) is 22.3. The molecule has 3 N–H and O–H groups in total. The molecule has 0 radical (unpaired) electrons. The number of hydrogen-bond donors (Lipinski definition) is 3. The highest BCUT2D eigenvalue weighted by Crippen LogP contribution is 2.40. The molecule has 3 aliphatic heterocycles. The molecule has 1 saturated heterocycles. The van der Waals surface area contributed by atoms with E-state index in [1.54, 1.807) is 41.7 Å². The van der Waals surface area contributed by atoms with Gasteiger partial charge < -0.3 is 20.3 Å². The second kappa shape index (κ2) is 18.6. The van der Waals surface area contributed by atoms with Crippen LogP contribution in [0.3, 0.4) is 0 Å². The van der Waals surface area contributed by atoms with Crippen LogP contribution in [0.15, 0.2) is 69.8 Å². The van der Waals surface area contributed by atoms with Crippen LogP contribution in [0.25, 0.3) is 5.00 Å². The Hall–Kier alpha value is -6.59. The van der Waals surface area contributed by atoms with Gasteiger partial charge in [-0.1, -0.05) is 29.8 Å². The van der Waals surface area contributed by atoms with Crippen molar-refractivity contribution in [1.29, 1.82) is 0 Å². The molecule has 3 aromatic carbocycles. The van der Waals surface area contributed by atoms with E-state index in [4.69, 9.17) is 21.3 Å². The summed E-state index contributed by atoms with van der Waals surface area (Å²) in [5.74, 6) is 0.310. The van der Waals surface area contributed by atoms with Crippen molar-refractivity contribution < 1.29 is 28.7 Å². The average Bonchev–Trinajstić information content (AvgIpc) is 3.88. The fourth-order valence-corrected chi connectivity index (χ4v) is 9.55. The summed E-state index contributed by atoms with van der Waals surface area (Å²) < 4.78 is 7.84. The van der Waals surface area contributed by atoms with Crippen molar-refractivity contribution in [3.8, 4) is 10.8 Å². The number of benzene rings is 3. The van der Waals surface area contributed by atoms with Crippen molar-refractivity contribution in [2.45, 2.75) is 85.4 Å². The summed E-state index contributed by atoms with van der Waals surface area (Å²) in [5, 5.41) is 27.7. The number of thiophene rings is 1. The predicted molar refractivity (Wildman–Crippen MR) is 241 cm³/mol. The van der Waals surface area contributed by atoms with Crippen LogP contribution in [0.1, 0.15) is 98.4 Å². The lowest BCUT2D eigenvalue weighted by Gasteiger charge is -2.29. The summed E-state index contributed by atoms with van der Waals surface area (Å²) in [5.41, 5.74) is 7.63. The van der Waals surface area contributed by atoms with Crippen LogP contribution in [0, 0.1) is 34.6 Å². The molecule has 5 amide bonds. The number of aromatic nitrogens is 3. The third-order valence-corrected chi connectivity index (χ3v) is 13.1. The number of nitrogens with one attached hydrogen (secondary N) is 3. The Morgan fingerprint density at radius 1 is 0.938 bits per heavy atom. The molecule has 8 rings (SSSR count). The second-order valence-corrected chi connectivity index (χ2v) is 17.8. The van der Waals surface area contributed by atoms with Crippen molar-refractivity contribution in [2.75, 3.05) is 19.7 Å². The highest BCUT2D eigenvalue weighted by atomic mass is 35.5. The third kappa shape index (κ3) is 9.08. The summed E-state index contributed by atoms with van der Waals surface area (Å²) >= 11 is 7.89. The first kappa shape index (κ1) is 44.0. The molecule has 64 heavy (non-hydrogen) atoms. The van der Waals surface area contributed by atoms with Gasteiger partial charge in [-0.15, -0.1) is 26.6 Å². The van der Waals surface area contributed by atoms with Gasteiger partial charge in [0.25, 0.3) is 11.8 Å². The number of hydrogen-bond acceptors (Lipinski definition) is 12. The Morgan fingerprint density at radius 3 is 2.38 bits per heavy atom. The van der Waals surface area contributed by atoms with Crippen LogP contribution in [0.4, 0.5) is 11.4 Å². The zero-order valence-electron chi connectivity index (χ0n) is 36.1. The van der Waals surface area contributed by atoms with Crippen molar-refractivity contribution in [3.05, 3.63) is 115 Å². The normalized spacial score (nSPS) is 16.8. The molecule has 18 heteroatoms. The van der Waals surface area contributed by atoms with Gasteiger partial charge in [0.05, 0.1) is 23.5 Å². The van der Waals surface area contributed by atoms with E-state index in [9.17, 15) is 24.0 Å². The number of aliphatic imine (C=N–C) groups is 1. The lowest BCUT2D eigenvalue weighted by Crippen LogP contribution is -2.52. The number of nitrogens with zero attached hydrogens (tertiary/aromatic N) is 7. The Labute approximate surface area is 378 Å². The molecule has 1 fully saturated rings. The molecule has 0 spiro atoms. The molecule has 2 atom stereocenters. The van der Waals surface area contributed by atoms with Gasteiger partial charge in [-0.3, -0.25) is 38.8 Å². The van der Waals surface area contributed by atoms with E-state index in [0.717, 1.165) is 44.4 Å². The third-order valence-electron chi connectivity index (χ3n) is 11.6. The van der Waals surface area contributed by atoms with Gasteiger partial charge in [-0.25, -0.2) is 0 Å². The summed E-state index contributed by atoms with van der Waals surface area (Å²) in [7, 11) is 0. The molecule has 2 aromatic heterocycles. The van der Waals surface area contributed by atoms with Gasteiger partial charge in [0.2, 0.25) is 17.7 Å². The molecule has 5 aromatic rings. The van der Waals surface area contributed by atoms with Crippen LogP contribution in [0.5, 0.6) is 5.75 Å². The Bertz CT molecular complexity index is 2740. The molecule has 16 nitrogen and oxygen atoms in total. The number of carbonyl (C=O) groups excluding carboxylic acids is 5. The fourth-order valence-electron chi connectivity index (χ4n) is 8.21. The van der Waals surface area contributed by atoms with Gasteiger partial charge in [0, 0.05) is 58.2 Å². The van der Waals surface area contributed by atoms with Crippen molar-refractivity contribution in [1.82, 2.24) is 35.6 Å². The number of unbranched alkanes of at least 4 members (excludes halogenated alkanes) is 1. The van der Waals surface area contributed by atoms with E-state index in [1.165, 1.54) is 9.78 Å². The topological polar surface area (TPSA) is 202 Å². The van der Waals surface area contributed by atoms with Crippen LogP contribution in [-0.4, -0.2) is 80.7 Å². The number of azo groups is 1. The second-order valence-electron chi connectivity index (χ2n) is 16.1. The number of carbonyl (C=O) groups is 5. The standard InChI is InChI=1S/C46H47ClN10O6S/c1-24-19-31(20-25(2)41(24)54-53-34-10-8-9-32-33(34)22-56(45(32)62)36-15-16-37(58)51-44(36)61)63-23-39(60)49-18-7-6-17-48-38(59)21-35-43-55-52-28(5)57(43)46-40(26(3)27(4)64-46)42(50-35)29-11-13-30(47)14-12-29/h8-14,19-20,35-36H,6-7,15-18,21-23H2,1-5H3,(H,48,59)(H,49,60)(H,51,58,61)/t35-,36?/m0/s1. The minimum Gasteiger partial charge on any atom is -0.484 e. The molecular weight excluding hydrogens is 856 g/mol. The van der Waals surface area contributed by atoms with Crippen LogP contribution >= 0.6 is 22.9 Å². The summed E-state index contributed by atoms with van der Waals surface area (Å²) in [6, 6.07) is 15.0.